The van der Waals surface area contributed by atoms with E-state index in [1.807, 2.05) is 0 Å². The van der Waals surface area contributed by atoms with Crippen LogP contribution in [-0.4, -0.2) is 113 Å². The molecule has 0 spiro atoms. The lowest BCUT2D eigenvalue weighted by atomic mass is 10.0. The Morgan fingerprint density at radius 2 is 1.15 bits per heavy atom. The van der Waals surface area contributed by atoms with Crippen LogP contribution >= 0.6 is 0 Å². The molecule has 0 unspecified atom stereocenters. The van der Waals surface area contributed by atoms with Gasteiger partial charge in [0.25, 0.3) is 20.2 Å². The molecular formula is C29H31N5O20S6. The lowest BCUT2D eigenvalue weighted by Crippen LogP contribution is -2.16. The van der Waals surface area contributed by atoms with E-state index in [2.05, 4.69) is 34.1 Å². The highest BCUT2D eigenvalue weighted by molar-refractivity contribution is 7.92. The van der Waals surface area contributed by atoms with Crippen molar-refractivity contribution in [2.45, 2.75) is 26.5 Å². The summed E-state index contributed by atoms with van der Waals surface area (Å²) in [6.45, 7) is -0.748. The first-order chi connectivity index (χ1) is 27.5. The van der Waals surface area contributed by atoms with Crippen molar-refractivity contribution in [1.29, 1.82) is 0 Å². The number of anilines is 1. The highest BCUT2D eigenvalue weighted by Gasteiger charge is 2.27. The molecular weight excluding hydrogens is 931 g/mol. The summed E-state index contributed by atoms with van der Waals surface area (Å²) in [6, 6.07) is 7.48. The van der Waals surface area contributed by atoms with E-state index in [1.165, 1.54) is 26.1 Å². The van der Waals surface area contributed by atoms with Crippen molar-refractivity contribution in [3.05, 3.63) is 54.1 Å². The average Bonchev–Trinajstić information content (AvgIpc) is 3.11. The van der Waals surface area contributed by atoms with Gasteiger partial charge in [0.2, 0.25) is 0 Å². The molecule has 0 radical (unpaired) electrons. The van der Waals surface area contributed by atoms with Gasteiger partial charge in [0.05, 0.1) is 47.3 Å². The van der Waals surface area contributed by atoms with Gasteiger partial charge < -0.3 is 15.2 Å². The first-order valence-corrected chi connectivity index (χ1v) is 24.7. The molecule has 0 fully saturated rings. The maximum absolute atomic E-state index is 12.8. The molecule has 0 aliphatic heterocycles. The van der Waals surface area contributed by atoms with E-state index in [4.69, 9.17) is 13.8 Å². The molecule has 0 heterocycles. The van der Waals surface area contributed by atoms with Gasteiger partial charge in [-0.25, -0.2) is 25.2 Å². The van der Waals surface area contributed by atoms with E-state index in [1.54, 1.807) is 0 Å². The van der Waals surface area contributed by atoms with E-state index in [-0.39, 0.29) is 33.5 Å². The molecule has 0 amide bonds. The summed E-state index contributed by atoms with van der Waals surface area (Å²) < 4.78 is 196. The highest BCUT2D eigenvalue weighted by atomic mass is 32.3. The monoisotopic (exact) mass is 961 g/mol. The van der Waals surface area contributed by atoms with Gasteiger partial charge in [0.1, 0.15) is 38.3 Å². The number of phenols is 1. The summed E-state index contributed by atoms with van der Waals surface area (Å²) in [5.41, 5.74) is -1.95. The number of phenolic OH excluding ortho intramolecular Hbond substituents is 1. The number of ether oxygens (including phenoxy) is 1. The fourth-order valence-electron chi connectivity index (χ4n) is 5.19. The second-order valence-electron chi connectivity index (χ2n) is 11.8. The predicted molar refractivity (Wildman–Crippen MR) is 206 cm³/mol. The van der Waals surface area contributed by atoms with Crippen LogP contribution in [-0.2, 0) is 69.1 Å². The Labute approximate surface area is 342 Å². The zero-order chi connectivity index (χ0) is 45.2. The van der Waals surface area contributed by atoms with Gasteiger partial charge in [-0.05, 0) is 55.0 Å². The van der Waals surface area contributed by atoms with Crippen molar-refractivity contribution in [2.24, 2.45) is 20.5 Å². The first kappa shape index (κ1) is 47.9. The summed E-state index contributed by atoms with van der Waals surface area (Å²) in [4.78, 5) is -3.30. The van der Waals surface area contributed by atoms with Crippen LogP contribution in [0.25, 0.3) is 10.8 Å². The number of fused-ring (bicyclic) bond motifs is 1. The Balaban J connectivity index is 1.86. The van der Waals surface area contributed by atoms with Gasteiger partial charge in [-0.3, -0.25) is 18.2 Å². The van der Waals surface area contributed by atoms with Crippen molar-refractivity contribution in [3.63, 3.8) is 0 Å². The molecule has 0 saturated carbocycles. The van der Waals surface area contributed by atoms with E-state index in [0.717, 1.165) is 37.4 Å². The van der Waals surface area contributed by atoms with Gasteiger partial charge in [-0.15, -0.1) is 20.5 Å². The number of aryl methyl sites for hydroxylation is 1. The van der Waals surface area contributed by atoms with Gasteiger partial charge in [-0.2, -0.15) is 33.7 Å². The van der Waals surface area contributed by atoms with Gasteiger partial charge in [0.15, 0.2) is 25.4 Å². The Morgan fingerprint density at radius 1 is 0.600 bits per heavy atom. The van der Waals surface area contributed by atoms with Crippen molar-refractivity contribution in [3.8, 4) is 11.5 Å². The number of methoxy groups -OCH3 is 1. The molecule has 0 atom stereocenters. The van der Waals surface area contributed by atoms with Gasteiger partial charge in [0, 0.05) is 23.9 Å². The maximum Gasteiger partial charge on any atom is 0.397 e. The largest absolute Gasteiger partial charge is 0.506 e. The number of benzene rings is 4. The van der Waals surface area contributed by atoms with Crippen LogP contribution in [0.5, 0.6) is 11.5 Å². The molecule has 31 heteroatoms. The summed E-state index contributed by atoms with van der Waals surface area (Å²) in [5.74, 6) is -3.19. The summed E-state index contributed by atoms with van der Waals surface area (Å²) in [7, 11) is -26.8. The SMILES string of the molecule is CNc1ccc2c(OC)c(N=Nc3cc(C)c(S(=O)(=O)CCOS(=O)(=O)O)cc3O)c(S(=O)(=O)O)cc2c1N=Nc1ccc(S(=O)(=O)CCOS(=O)(=O)O)cc1S(=O)(=O)O. The minimum absolute atomic E-state index is 0.00399. The quantitative estimate of drug-likeness (QED) is 0.0614. The summed E-state index contributed by atoms with van der Waals surface area (Å²) >= 11 is 0. The number of nitrogens with zero attached hydrogens (tertiary/aromatic N) is 4. The molecule has 328 valence electrons. The number of aromatic hydroxyl groups is 1. The van der Waals surface area contributed by atoms with Crippen LogP contribution in [0.15, 0.2) is 88.6 Å². The Kier molecular flexibility index (Phi) is 14.1. The Hall–Kier alpha value is -4.80. The second kappa shape index (κ2) is 17.7. The van der Waals surface area contributed by atoms with Crippen LogP contribution in [0.2, 0.25) is 0 Å². The van der Waals surface area contributed by atoms with Crippen LogP contribution in [0.1, 0.15) is 5.56 Å². The molecule has 0 saturated heterocycles. The van der Waals surface area contributed by atoms with Crippen molar-refractivity contribution < 1.29 is 86.9 Å². The number of sulfone groups is 2. The van der Waals surface area contributed by atoms with Crippen molar-refractivity contribution >= 4 is 99.9 Å². The Bertz CT molecular complexity index is 3120. The molecule has 0 bridgehead atoms. The standard InChI is InChI=1S/C29H31N5O20S6/c1-16-12-22(23(35)15-24(16)56(38,39)11-9-54-60(49,50)51)32-34-28-26(58(43,44)45)14-19-18(29(28)52-3)5-7-21(30-2)27(19)33-31-20-6-4-17(13-25(20)57(40,41)42)55(36,37)10-8-53-59(46,47)48/h4-7,12-15,30,35H,8-11H2,1-3H3,(H,40,41,42)(H,43,44,45)(H,46,47,48)(H,49,50,51). The lowest BCUT2D eigenvalue weighted by Gasteiger charge is -2.15. The second-order valence-corrected chi connectivity index (χ2v) is 20.9. The number of hydrogen-bond acceptors (Lipinski definition) is 21. The molecule has 0 aromatic heterocycles. The minimum Gasteiger partial charge on any atom is -0.506 e. The topological polar surface area (TPSA) is 395 Å². The maximum atomic E-state index is 12.8. The summed E-state index contributed by atoms with van der Waals surface area (Å²) in [6.07, 6.45) is 0. The molecule has 0 aliphatic rings. The van der Waals surface area contributed by atoms with Crippen molar-refractivity contribution in [1.82, 2.24) is 0 Å². The number of nitrogens with one attached hydrogen (secondary N) is 1. The van der Waals surface area contributed by atoms with E-state index in [9.17, 15) is 64.7 Å². The first-order valence-electron chi connectivity index (χ1n) is 15.8. The predicted octanol–water partition coefficient (Wildman–Crippen LogP) is 3.41. The third-order valence-electron chi connectivity index (χ3n) is 7.80. The lowest BCUT2D eigenvalue weighted by molar-refractivity contribution is 0.282. The third kappa shape index (κ3) is 11.7. The average molecular weight is 962 g/mol. The van der Waals surface area contributed by atoms with Crippen LogP contribution in [0.3, 0.4) is 0 Å². The summed E-state index contributed by atoms with van der Waals surface area (Å²) in [5, 5.41) is 28.8. The van der Waals surface area contributed by atoms with Crippen LogP contribution < -0.4 is 10.1 Å². The van der Waals surface area contributed by atoms with Crippen LogP contribution in [0.4, 0.5) is 28.4 Å². The van der Waals surface area contributed by atoms with Crippen molar-refractivity contribution in [2.75, 3.05) is 44.2 Å². The number of azo groups is 2. The molecule has 4 rings (SSSR count). The zero-order valence-corrected chi connectivity index (χ0v) is 35.4. The minimum atomic E-state index is -5.26. The van der Waals surface area contributed by atoms with Gasteiger partial charge >= 0.3 is 20.8 Å². The molecule has 4 aromatic rings. The molecule has 60 heavy (non-hydrogen) atoms. The Morgan fingerprint density at radius 3 is 1.68 bits per heavy atom. The fourth-order valence-corrected chi connectivity index (χ4v) is 9.83. The molecule has 0 aliphatic carbocycles. The van der Waals surface area contributed by atoms with E-state index >= 15 is 0 Å². The smallest absolute Gasteiger partial charge is 0.397 e. The molecule has 4 aromatic carbocycles. The highest BCUT2D eigenvalue weighted by Crippen LogP contribution is 2.47. The van der Waals surface area contributed by atoms with Crippen LogP contribution in [0, 0.1) is 6.92 Å². The number of rotatable bonds is 18. The third-order valence-corrected chi connectivity index (χ3v) is 14.0. The normalized spacial score (nSPS) is 13.4. The molecule has 6 N–H and O–H groups in total. The zero-order valence-electron chi connectivity index (χ0n) is 30.5. The van der Waals surface area contributed by atoms with Gasteiger partial charge in [-0.1, -0.05) is 0 Å². The van der Waals surface area contributed by atoms with E-state index in [0.29, 0.717) is 6.07 Å². The van der Waals surface area contributed by atoms with E-state index < -0.39 is 128 Å². The fraction of sp³-hybridized carbons (Fsp3) is 0.241. The molecule has 25 nitrogen and oxygen atoms in total. The number of hydrogen-bond donors (Lipinski definition) is 6.